The summed E-state index contributed by atoms with van der Waals surface area (Å²) < 4.78 is 78.5. The number of azo groups is 3. The van der Waals surface area contributed by atoms with Gasteiger partial charge in [0.15, 0.2) is 0 Å². The van der Waals surface area contributed by atoms with Gasteiger partial charge >= 0.3 is 59.1 Å². The Bertz CT molecular complexity index is 3040. The van der Waals surface area contributed by atoms with Gasteiger partial charge in [-0.3, -0.25) is 14.1 Å². The summed E-state index contributed by atoms with van der Waals surface area (Å²) >= 11 is 0. The number of rotatable bonds is 12. The molecule has 0 heterocycles. The number of benzene rings is 6. The molecule has 0 radical (unpaired) electrons. The van der Waals surface area contributed by atoms with Crippen molar-refractivity contribution in [3.05, 3.63) is 91.0 Å². The van der Waals surface area contributed by atoms with E-state index in [2.05, 4.69) is 35.7 Å². The van der Waals surface area contributed by atoms with Crippen LogP contribution in [0.25, 0.3) is 21.9 Å². The SMILES string of the molecule is COc1cc(-c2ccc(N=Nc3c(S(=O)(=O)O)cc4cc(S(=O)(=O)O)cc(N)c4c3[O-])c(OC)c2)ccc1N=Nc1cc(N=Nc2ccc(N=C(C)[O-])cc2)c(N)cc1N.[Na+].[Na+]. The zero-order chi connectivity index (χ0) is 43.5. The first-order valence-electron chi connectivity index (χ1n) is 17.0. The Morgan fingerprint density at radius 1 is 0.597 bits per heavy atom. The van der Waals surface area contributed by atoms with E-state index in [0.29, 0.717) is 33.9 Å². The van der Waals surface area contributed by atoms with E-state index >= 15 is 0 Å². The second-order valence-corrected chi connectivity index (χ2v) is 15.4. The number of nitrogens with zero attached hydrogens (tertiary/aromatic N) is 7. The molecule has 0 aliphatic carbocycles. The summed E-state index contributed by atoms with van der Waals surface area (Å²) in [6.07, 6.45) is 0. The van der Waals surface area contributed by atoms with Crippen LogP contribution in [0.5, 0.6) is 17.2 Å². The second kappa shape index (κ2) is 20.1. The van der Waals surface area contributed by atoms with Gasteiger partial charge < -0.3 is 36.9 Å². The van der Waals surface area contributed by atoms with Crippen LogP contribution in [0.3, 0.4) is 0 Å². The number of methoxy groups -OCH3 is 2. The quantitative estimate of drug-likeness (QED) is 0.0291. The van der Waals surface area contributed by atoms with E-state index in [-0.39, 0.29) is 110 Å². The smallest absolute Gasteiger partial charge is 0.870 e. The molecule has 0 amide bonds. The summed E-state index contributed by atoms with van der Waals surface area (Å²) in [6, 6.07) is 21.7. The summed E-state index contributed by atoms with van der Waals surface area (Å²) in [5, 5.41) is 48.9. The Labute approximate surface area is 398 Å². The number of hydrogen-bond donors (Lipinski definition) is 5. The number of fused-ring (bicyclic) bond motifs is 1. The van der Waals surface area contributed by atoms with Crippen molar-refractivity contribution in [3.8, 4) is 28.4 Å². The minimum absolute atomic E-state index is 0. The minimum atomic E-state index is -5.12. The Hall–Kier alpha value is -5.53. The van der Waals surface area contributed by atoms with Crippen molar-refractivity contribution >= 4 is 93.8 Å². The summed E-state index contributed by atoms with van der Waals surface area (Å²) in [4.78, 5) is 2.16. The Morgan fingerprint density at radius 3 is 1.60 bits per heavy atom. The fourth-order valence-electron chi connectivity index (χ4n) is 5.68. The summed E-state index contributed by atoms with van der Waals surface area (Å²) in [7, 11) is -7.12. The van der Waals surface area contributed by atoms with Gasteiger partial charge in [0.25, 0.3) is 20.2 Å². The number of anilines is 3. The molecular formula is C38H32N10Na2O10S2. The van der Waals surface area contributed by atoms with Crippen LogP contribution in [0, 0.1) is 0 Å². The molecule has 0 aliphatic rings. The van der Waals surface area contributed by atoms with Gasteiger partial charge in [0.05, 0.1) is 47.6 Å². The molecular weight excluding hydrogens is 867 g/mol. The van der Waals surface area contributed by atoms with Crippen molar-refractivity contribution in [1.29, 1.82) is 0 Å². The molecule has 6 aromatic rings. The Morgan fingerprint density at radius 2 is 1.10 bits per heavy atom. The van der Waals surface area contributed by atoms with Crippen molar-refractivity contribution in [2.75, 3.05) is 31.4 Å². The Kier molecular flexibility index (Phi) is 15.9. The maximum absolute atomic E-state index is 13.5. The van der Waals surface area contributed by atoms with Crippen molar-refractivity contribution < 1.29 is 105 Å². The molecule has 0 atom stereocenters. The van der Waals surface area contributed by atoms with Crippen LogP contribution < -0.4 is 96.0 Å². The third-order valence-corrected chi connectivity index (χ3v) is 10.2. The van der Waals surface area contributed by atoms with Crippen LogP contribution in [0.2, 0.25) is 0 Å². The first-order chi connectivity index (χ1) is 28.4. The van der Waals surface area contributed by atoms with Crippen LogP contribution in [0.4, 0.5) is 56.9 Å². The van der Waals surface area contributed by atoms with Gasteiger partial charge in [0.2, 0.25) is 0 Å². The van der Waals surface area contributed by atoms with Gasteiger partial charge in [-0.2, -0.15) is 21.9 Å². The fraction of sp³-hybridized carbons (Fsp3) is 0.0789. The van der Waals surface area contributed by atoms with E-state index in [1.807, 2.05) is 0 Å². The van der Waals surface area contributed by atoms with E-state index in [1.54, 1.807) is 54.6 Å². The molecule has 0 saturated heterocycles. The maximum Gasteiger partial charge on any atom is 1.00 e. The molecule has 62 heavy (non-hydrogen) atoms. The number of aliphatic imine (C=N–C) groups is 1. The van der Waals surface area contributed by atoms with Crippen molar-refractivity contribution in [1.82, 2.24) is 0 Å². The summed E-state index contributed by atoms with van der Waals surface area (Å²) in [5.41, 5.74) is 20.6. The molecule has 0 spiro atoms. The number of ether oxygens (including phenoxy) is 2. The van der Waals surface area contributed by atoms with E-state index < -0.39 is 47.2 Å². The van der Waals surface area contributed by atoms with Gasteiger partial charge in [-0.05, 0) is 114 Å². The van der Waals surface area contributed by atoms with E-state index in [4.69, 9.17) is 26.7 Å². The van der Waals surface area contributed by atoms with E-state index in [0.717, 1.165) is 18.2 Å². The van der Waals surface area contributed by atoms with Crippen LogP contribution in [-0.2, 0) is 20.2 Å². The standard InChI is InChI=1S/C38H34N10O10S2.2Na/c1-19(49)42-23-6-8-24(9-7-23)43-46-31-18-32(27(40)17-26(31)39)47-44-29-10-4-20(13-33(29)57-2)21-5-11-30(34(14-21)58-3)45-48-37-35(60(54,55)56)15-22-12-25(59(51,52)53)16-28(41)36(22)38(37)50;;/h4-18,50H,39-41H2,1-3H3,(H,42,49)(H,51,52,53)(H,54,55,56);;/q;2*+1/p-2. The molecule has 0 aromatic heterocycles. The fourth-order valence-corrected chi connectivity index (χ4v) is 6.88. The topological polar surface area (TPSA) is 338 Å². The first kappa shape index (κ1) is 49.1. The average molecular weight is 899 g/mol. The molecule has 308 valence electrons. The van der Waals surface area contributed by atoms with Crippen molar-refractivity contribution in [2.24, 2.45) is 35.7 Å². The largest absolute Gasteiger partial charge is 1.00 e. The second-order valence-electron chi connectivity index (χ2n) is 12.6. The van der Waals surface area contributed by atoms with E-state index in [9.17, 15) is 36.2 Å². The van der Waals surface area contributed by atoms with Gasteiger partial charge in [-0.1, -0.05) is 17.9 Å². The molecule has 8 N–H and O–H groups in total. The van der Waals surface area contributed by atoms with Crippen molar-refractivity contribution in [3.63, 3.8) is 0 Å². The summed E-state index contributed by atoms with van der Waals surface area (Å²) in [6.45, 7) is 1.35. The van der Waals surface area contributed by atoms with Gasteiger partial charge in [-0.25, -0.2) is 0 Å². The van der Waals surface area contributed by atoms with Crippen LogP contribution >= 0.6 is 0 Å². The zero-order valence-electron chi connectivity index (χ0n) is 33.5. The normalized spacial score (nSPS) is 12.2. The van der Waals surface area contributed by atoms with Gasteiger partial charge in [0, 0.05) is 5.69 Å². The minimum Gasteiger partial charge on any atom is -0.870 e. The molecule has 0 aliphatic heterocycles. The summed E-state index contributed by atoms with van der Waals surface area (Å²) in [5.74, 6) is -0.945. The van der Waals surface area contributed by atoms with Gasteiger partial charge in [-0.15, -0.1) is 25.6 Å². The third kappa shape index (κ3) is 11.3. The molecule has 0 unspecified atom stereocenters. The predicted octanol–water partition coefficient (Wildman–Crippen LogP) is 1.50. The van der Waals surface area contributed by atoms with Crippen LogP contribution in [0.15, 0.2) is 136 Å². The zero-order valence-corrected chi connectivity index (χ0v) is 39.1. The molecule has 20 nitrogen and oxygen atoms in total. The molecule has 6 rings (SSSR count). The average Bonchev–Trinajstić information content (AvgIpc) is 3.19. The predicted molar refractivity (Wildman–Crippen MR) is 219 cm³/mol. The molecule has 0 fully saturated rings. The maximum atomic E-state index is 13.5. The molecule has 6 aromatic carbocycles. The monoisotopic (exact) mass is 898 g/mol. The molecule has 0 bridgehead atoms. The number of nitrogen functional groups attached to an aromatic ring is 3. The number of nitrogens with two attached hydrogens (primary N) is 3. The van der Waals surface area contributed by atoms with Crippen LogP contribution in [-0.4, -0.2) is 46.1 Å². The molecule has 0 saturated carbocycles. The number of hydrogen-bond acceptors (Lipinski definition) is 18. The molecule has 24 heteroatoms. The third-order valence-electron chi connectivity index (χ3n) is 8.51. The van der Waals surface area contributed by atoms with Crippen LogP contribution in [0.1, 0.15) is 6.92 Å². The van der Waals surface area contributed by atoms with Gasteiger partial charge in [0.1, 0.15) is 39.1 Å². The first-order valence-corrected chi connectivity index (χ1v) is 19.9. The Balaban J connectivity index is 0.00000422. The van der Waals surface area contributed by atoms with E-state index in [1.165, 1.54) is 39.3 Å². The van der Waals surface area contributed by atoms with Crippen molar-refractivity contribution in [2.45, 2.75) is 16.7 Å².